The maximum absolute atomic E-state index is 12.3. The van der Waals surface area contributed by atoms with Crippen LogP contribution in [0.25, 0.3) is 11.4 Å². The summed E-state index contributed by atoms with van der Waals surface area (Å²) in [6, 6.07) is 3.66. The van der Waals surface area contributed by atoms with Crippen molar-refractivity contribution in [2.75, 3.05) is 0 Å². The van der Waals surface area contributed by atoms with E-state index < -0.39 is 0 Å². The van der Waals surface area contributed by atoms with Crippen molar-refractivity contribution in [2.45, 2.75) is 33.2 Å². The fourth-order valence-corrected chi connectivity index (χ4v) is 3.44. The molecule has 0 bridgehead atoms. The van der Waals surface area contributed by atoms with Gasteiger partial charge in [-0.15, -0.1) is 11.3 Å². The summed E-state index contributed by atoms with van der Waals surface area (Å²) in [5.74, 6) is 0.382. The summed E-state index contributed by atoms with van der Waals surface area (Å²) < 4.78 is 0. The minimum Gasteiger partial charge on any atom is -0.347 e. The quantitative estimate of drug-likeness (QED) is 0.736. The maximum atomic E-state index is 12.3. The van der Waals surface area contributed by atoms with Gasteiger partial charge in [-0.1, -0.05) is 6.92 Å². The molecular weight excluding hydrogens is 334 g/mol. The van der Waals surface area contributed by atoms with Crippen LogP contribution in [0, 0.1) is 6.92 Å². The van der Waals surface area contributed by atoms with Crippen LogP contribution in [-0.4, -0.2) is 25.8 Å². The molecule has 0 saturated heterocycles. The molecule has 0 aliphatic carbocycles. The van der Waals surface area contributed by atoms with Crippen LogP contribution in [0.4, 0.5) is 0 Å². The summed E-state index contributed by atoms with van der Waals surface area (Å²) in [5, 5.41) is 4.03. The Hall–Kier alpha value is -2.67. The molecule has 0 radical (unpaired) electrons. The van der Waals surface area contributed by atoms with E-state index in [4.69, 9.17) is 0 Å². The molecule has 128 valence electrons. The summed E-state index contributed by atoms with van der Waals surface area (Å²) in [5.41, 5.74) is 2.29. The van der Waals surface area contributed by atoms with Gasteiger partial charge in [0.2, 0.25) is 0 Å². The summed E-state index contributed by atoms with van der Waals surface area (Å²) in [6.45, 7) is 4.58. The van der Waals surface area contributed by atoms with Crippen LogP contribution in [0.15, 0.2) is 36.9 Å². The third kappa shape index (κ3) is 4.24. The van der Waals surface area contributed by atoms with Crippen molar-refractivity contribution in [2.24, 2.45) is 0 Å². The van der Waals surface area contributed by atoms with Gasteiger partial charge in [0.05, 0.1) is 22.8 Å². The van der Waals surface area contributed by atoms with E-state index in [2.05, 4.69) is 32.2 Å². The van der Waals surface area contributed by atoms with Crippen molar-refractivity contribution in [3.8, 4) is 11.4 Å². The van der Waals surface area contributed by atoms with Gasteiger partial charge in [0.15, 0.2) is 5.82 Å². The number of thiazole rings is 1. The van der Waals surface area contributed by atoms with Crippen molar-refractivity contribution < 1.29 is 4.79 Å². The Morgan fingerprint density at radius 3 is 2.60 bits per heavy atom. The molecule has 0 fully saturated rings. The van der Waals surface area contributed by atoms with E-state index >= 15 is 0 Å². The maximum Gasteiger partial charge on any atom is 0.254 e. The van der Waals surface area contributed by atoms with Gasteiger partial charge in [-0.25, -0.2) is 15.0 Å². The molecule has 1 N–H and O–H groups in total. The van der Waals surface area contributed by atoms with Gasteiger partial charge < -0.3 is 5.32 Å². The number of nitrogens with one attached hydrogen (secondary N) is 1. The van der Waals surface area contributed by atoms with Crippen LogP contribution in [0.1, 0.15) is 39.3 Å². The average Bonchev–Trinajstić information content (AvgIpc) is 3.00. The Morgan fingerprint density at radius 1 is 1.20 bits per heavy atom. The second kappa shape index (κ2) is 7.94. The predicted molar refractivity (Wildman–Crippen MR) is 97.3 cm³/mol. The molecule has 3 aromatic rings. The summed E-state index contributed by atoms with van der Waals surface area (Å²) in [7, 11) is 0. The number of hydrogen-bond acceptors (Lipinski definition) is 6. The van der Waals surface area contributed by atoms with Crippen LogP contribution in [-0.2, 0) is 13.0 Å². The molecule has 3 aromatic heterocycles. The minimum atomic E-state index is -0.189. The molecular formula is C18H19N5OS. The first kappa shape index (κ1) is 17.2. The number of nitrogens with zero attached hydrogens (tertiary/aromatic N) is 4. The highest BCUT2D eigenvalue weighted by Gasteiger charge is 2.11. The molecule has 6 nitrogen and oxygen atoms in total. The third-order valence-electron chi connectivity index (χ3n) is 3.66. The Morgan fingerprint density at radius 2 is 1.92 bits per heavy atom. The molecule has 0 unspecified atom stereocenters. The molecule has 0 aromatic carbocycles. The molecule has 0 aliphatic rings. The van der Waals surface area contributed by atoms with Crippen LogP contribution >= 0.6 is 11.3 Å². The molecule has 0 saturated carbocycles. The minimum absolute atomic E-state index is 0.189. The molecule has 0 aliphatic heterocycles. The standard InChI is InChI=1S/C18H19N5OS/c1-3-4-16-23-12(2)15(25-16)11-22-18(24)14-9-20-17(21-10-14)13-5-7-19-8-6-13/h5-10H,3-4,11H2,1-2H3,(H,22,24). The van der Waals surface area contributed by atoms with Gasteiger partial charge in [-0.2, -0.15) is 0 Å². The van der Waals surface area contributed by atoms with Crippen molar-refractivity contribution in [1.82, 2.24) is 25.3 Å². The fraction of sp³-hybridized carbons (Fsp3) is 0.278. The Bertz CT molecular complexity index is 846. The highest BCUT2D eigenvalue weighted by molar-refractivity contribution is 7.11. The topological polar surface area (TPSA) is 80.7 Å². The van der Waals surface area contributed by atoms with Crippen molar-refractivity contribution in [3.63, 3.8) is 0 Å². The zero-order chi connectivity index (χ0) is 17.6. The van der Waals surface area contributed by atoms with Gasteiger partial charge in [0.25, 0.3) is 5.91 Å². The Balaban J connectivity index is 1.63. The molecule has 7 heteroatoms. The summed E-state index contributed by atoms with van der Waals surface area (Å²) in [4.78, 5) is 30.4. The number of carbonyl (C=O) groups is 1. The molecule has 0 spiro atoms. The third-order valence-corrected chi connectivity index (χ3v) is 4.88. The van der Waals surface area contributed by atoms with Gasteiger partial charge in [-0.3, -0.25) is 9.78 Å². The number of amides is 1. The zero-order valence-electron chi connectivity index (χ0n) is 14.2. The van der Waals surface area contributed by atoms with Crippen molar-refractivity contribution in [3.05, 3.63) is 58.1 Å². The number of pyridine rings is 1. The Kier molecular flexibility index (Phi) is 5.45. The number of carbonyl (C=O) groups excluding carboxylic acids is 1. The highest BCUT2D eigenvalue weighted by atomic mass is 32.1. The number of aryl methyl sites for hydroxylation is 2. The second-order valence-electron chi connectivity index (χ2n) is 5.58. The summed E-state index contributed by atoms with van der Waals surface area (Å²) in [6.07, 6.45) is 8.50. The van der Waals surface area contributed by atoms with Crippen LogP contribution in [0.5, 0.6) is 0 Å². The molecule has 3 rings (SSSR count). The van der Waals surface area contributed by atoms with E-state index in [0.717, 1.165) is 34.0 Å². The average molecular weight is 353 g/mol. The largest absolute Gasteiger partial charge is 0.347 e. The van der Waals surface area contributed by atoms with Gasteiger partial charge >= 0.3 is 0 Å². The van der Waals surface area contributed by atoms with Crippen LogP contribution in [0.2, 0.25) is 0 Å². The monoisotopic (exact) mass is 353 g/mol. The van der Waals surface area contributed by atoms with Crippen molar-refractivity contribution >= 4 is 17.2 Å². The number of rotatable bonds is 6. The lowest BCUT2D eigenvalue weighted by Gasteiger charge is -2.05. The first-order valence-electron chi connectivity index (χ1n) is 8.13. The molecule has 0 atom stereocenters. The SMILES string of the molecule is CCCc1nc(C)c(CNC(=O)c2cnc(-c3ccncc3)nc2)s1. The molecule has 1 amide bonds. The van der Waals surface area contributed by atoms with E-state index in [0.29, 0.717) is 17.9 Å². The van der Waals surface area contributed by atoms with Crippen molar-refractivity contribution in [1.29, 1.82) is 0 Å². The molecule has 25 heavy (non-hydrogen) atoms. The second-order valence-corrected chi connectivity index (χ2v) is 6.75. The van der Waals surface area contributed by atoms with E-state index in [-0.39, 0.29) is 5.91 Å². The lowest BCUT2D eigenvalue weighted by Crippen LogP contribution is -2.23. The predicted octanol–water partition coefficient (Wildman–Crippen LogP) is 3.19. The highest BCUT2D eigenvalue weighted by Crippen LogP contribution is 2.19. The van der Waals surface area contributed by atoms with E-state index in [1.807, 2.05) is 19.1 Å². The van der Waals surface area contributed by atoms with E-state index in [1.165, 1.54) is 0 Å². The molecule has 3 heterocycles. The first-order chi connectivity index (χ1) is 12.2. The fourth-order valence-electron chi connectivity index (χ4n) is 2.33. The lowest BCUT2D eigenvalue weighted by molar-refractivity contribution is 0.0950. The smallest absolute Gasteiger partial charge is 0.254 e. The van der Waals surface area contributed by atoms with Crippen LogP contribution in [0.3, 0.4) is 0 Å². The number of aromatic nitrogens is 4. The zero-order valence-corrected chi connectivity index (χ0v) is 15.0. The normalized spacial score (nSPS) is 10.6. The first-order valence-corrected chi connectivity index (χ1v) is 8.95. The van der Waals surface area contributed by atoms with Crippen LogP contribution < -0.4 is 5.32 Å². The van der Waals surface area contributed by atoms with Gasteiger partial charge in [0.1, 0.15) is 0 Å². The lowest BCUT2D eigenvalue weighted by atomic mass is 10.2. The number of hydrogen-bond donors (Lipinski definition) is 1. The van der Waals surface area contributed by atoms with E-state index in [9.17, 15) is 4.79 Å². The van der Waals surface area contributed by atoms with Gasteiger partial charge in [0, 0.05) is 35.2 Å². The Labute approximate surface area is 150 Å². The summed E-state index contributed by atoms with van der Waals surface area (Å²) >= 11 is 1.66. The van der Waals surface area contributed by atoms with Gasteiger partial charge in [-0.05, 0) is 31.9 Å². The van der Waals surface area contributed by atoms with E-state index in [1.54, 1.807) is 36.1 Å².